The number of halogens is 4. The maximum atomic E-state index is 14.5. The van der Waals surface area contributed by atoms with Crippen LogP contribution in [0.2, 0.25) is 0 Å². The van der Waals surface area contributed by atoms with E-state index in [0.29, 0.717) is 4.68 Å². The molecule has 3 rings (SSSR count). The van der Waals surface area contributed by atoms with Crippen LogP contribution in [-0.4, -0.2) is 63.8 Å². The monoisotopic (exact) mass is 448 g/mol. The van der Waals surface area contributed by atoms with E-state index in [0.717, 1.165) is 6.33 Å². The minimum absolute atomic E-state index is 0.271. The van der Waals surface area contributed by atoms with Crippen molar-refractivity contribution >= 4 is 38.9 Å². The van der Waals surface area contributed by atoms with E-state index in [9.17, 15) is 31.1 Å². The van der Waals surface area contributed by atoms with Crippen molar-refractivity contribution in [3.8, 4) is 0 Å². The van der Waals surface area contributed by atoms with Crippen molar-refractivity contribution in [2.75, 3.05) is 12.3 Å². The molecule has 1 fully saturated rings. The third kappa shape index (κ3) is 4.28. The molecule has 1 aliphatic heterocycles. The average molecular weight is 448 g/mol. The molecule has 4 atom stereocenters. The second-order valence-corrected chi connectivity index (χ2v) is 7.81. The average Bonchev–Trinajstić information content (AvgIpc) is 3.03. The summed E-state index contributed by atoms with van der Waals surface area (Å²) in [7, 11) is -4.39. The largest absolute Gasteiger partial charge is 0.447 e. The van der Waals surface area contributed by atoms with Crippen molar-refractivity contribution in [1.82, 2.24) is 19.7 Å². The van der Waals surface area contributed by atoms with Crippen LogP contribution in [0.15, 0.2) is 11.4 Å². The number of nitrogen functional groups attached to an aromatic ring is 1. The lowest BCUT2D eigenvalue weighted by Gasteiger charge is -2.14. The molecule has 0 aliphatic carbocycles. The Labute approximate surface area is 158 Å². The number of alkyl halides is 4. The van der Waals surface area contributed by atoms with Crippen LogP contribution in [0.5, 0.6) is 0 Å². The summed E-state index contributed by atoms with van der Waals surface area (Å²) < 4.78 is 84.8. The summed E-state index contributed by atoms with van der Waals surface area (Å²) in [4.78, 5) is 7.35. The van der Waals surface area contributed by atoms with Crippen LogP contribution >= 0.6 is 11.8 Å². The molecule has 1 aliphatic rings. The molecular weight excluding hydrogens is 436 g/mol. The number of ether oxygens (including phenoxy) is 1. The molecule has 0 spiro atoms. The molecule has 0 bridgehead atoms. The summed E-state index contributed by atoms with van der Waals surface area (Å²) in [6.45, 7) is -0.822. The van der Waals surface area contributed by atoms with Gasteiger partial charge in [-0.1, -0.05) is 0 Å². The molecule has 11 nitrogen and oxygen atoms in total. The minimum atomic E-state index is -4.73. The minimum Gasteiger partial charge on any atom is -0.387 e. The van der Waals surface area contributed by atoms with Gasteiger partial charge in [-0.25, -0.2) is 24.2 Å². The predicted octanol–water partition coefficient (Wildman–Crippen LogP) is -0.163. The number of nitrogens with zero attached hydrogens (tertiary/aromatic N) is 4. The Morgan fingerprint density at radius 3 is 2.68 bits per heavy atom. The standard InChI is InChI=1S/C11H12F4N6O5S2/c12-5-6(22)3(1-25-28(17,23)24)26-10(5)21-8-4(7(16)18-2-19-8)9(20-21)27-11(13,14)15/h2-3,5-6,10,22H,1H2,(H2,16,18,19)(H2,17,23,24)/t3-,5+,6-,10-/m1/s1. The topological polar surface area (TPSA) is 168 Å². The van der Waals surface area contributed by atoms with Crippen molar-refractivity contribution in [1.29, 1.82) is 0 Å². The number of nitrogens with two attached hydrogens (primary N) is 2. The van der Waals surface area contributed by atoms with E-state index in [4.69, 9.17) is 10.5 Å². The maximum absolute atomic E-state index is 14.5. The van der Waals surface area contributed by atoms with Gasteiger partial charge in [0.2, 0.25) is 0 Å². The molecule has 2 aromatic rings. The van der Waals surface area contributed by atoms with Crippen LogP contribution < -0.4 is 10.9 Å². The van der Waals surface area contributed by atoms with Gasteiger partial charge in [0.15, 0.2) is 18.0 Å². The number of aromatic nitrogens is 4. The molecule has 5 N–H and O–H groups in total. The number of hydrogen-bond donors (Lipinski definition) is 3. The van der Waals surface area contributed by atoms with Crippen LogP contribution in [0.1, 0.15) is 6.23 Å². The van der Waals surface area contributed by atoms with Crippen LogP contribution in [-0.2, 0) is 19.2 Å². The van der Waals surface area contributed by atoms with Gasteiger partial charge in [0, 0.05) is 11.8 Å². The first kappa shape index (κ1) is 20.9. The van der Waals surface area contributed by atoms with Crippen molar-refractivity contribution in [3.63, 3.8) is 0 Å². The molecule has 0 saturated carbocycles. The molecule has 0 amide bonds. The van der Waals surface area contributed by atoms with Crippen molar-refractivity contribution < 1.29 is 40.0 Å². The van der Waals surface area contributed by atoms with Crippen LogP contribution in [0, 0.1) is 0 Å². The van der Waals surface area contributed by atoms with Gasteiger partial charge in [-0.2, -0.15) is 26.7 Å². The third-order valence-electron chi connectivity index (χ3n) is 3.63. The molecule has 1 saturated heterocycles. The lowest BCUT2D eigenvalue weighted by atomic mass is 10.1. The maximum Gasteiger partial charge on any atom is 0.447 e. The summed E-state index contributed by atoms with van der Waals surface area (Å²) in [6.07, 6.45) is -6.36. The Hall–Kier alpha value is -1.79. The first-order chi connectivity index (χ1) is 12.9. The van der Waals surface area contributed by atoms with Crippen molar-refractivity contribution in [2.24, 2.45) is 5.14 Å². The van der Waals surface area contributed by atoms with Crippen molar-refractivity contribution in [2.45, 2.75) is 35.1 Å². The number of hydrogen-bond acceptors (Lipinski definition) is 10. The zero-order chi connectivity index (χ0) is 20.9. The second-order valence-electron chi connectivity index (χ2n) is 5.53. The quantitative estimate of drug-likeness (QED) is 0.413. The number of thioether (sulfide) groups is 1. The number of fused-ring (bicyclic) bond motifs is 1. The smallest absolute Gasteiger partial charge is 0.387 e. The summed E-state index contributed by atoms with van der Waals surface area (Å²) in [5.74, 6) is -0.328. The molecule has 0 radical (unpaired) electrons. The molecule has 2 aromatic heterocycles. The summed E-state index contributed by atoms with van der Waals surface area (Å²) >= 11 is -0.613. The van der Waals surface area contributed by atoms with Gasteiger partial charge in [-0.3, -0.25) is 4.18 Å². The van der Waals surface area contributed by atoms with Gasteiger partial charge >= 0.3 is 15.8 Å². The van der Waals surface area contributed by atoms with E-state index in [-0.39, 0.29) is 16.9 Å². The van der Waals surface area contributed by atoms with E-state index in [2.05, 4.69) is 24.4 Å². The fraction of sp³-hybridized carbons (Fsp3) is 0.545. The Balaban J connectivity index is 1.98. The van der Waals surface area contributed by atoms with Crippen LogP contribution in [0.3, 0.4) is 0 Å². The molecule has 156 valence electrons. The van der Waals surface area contributed by atoms with Gasteiger partial charge in [0.1, 0.15) is 29.4 Å². The van der Waals surface area contributed by atoms with Crippen LogP contribution in [0.25, 0.3) is 11.0 Å². The highest BCUT2D eigenvalue weighted by Gasteiger charge is 2.47. The second kappa shape index (κ2) is 7.23. The number of aliphatic hydroxyl groups excluding tert-OH is 1. The summed E-state index contributed by atoms with van der Waals surface area (Å²) in [5, 5.41) is 17.3. The van der Waals surface area contributed by atoms with Gasteiger partial charge < -0.3 is 15.6 Å². The highest BCUT2D eigenvalue weighted by atomic mass is 32.2. The number of rotatable bonds is 5. The first-order valence-electron chi connectivity index (χ1n) is 7.26. The molecule has 0 aromatic carbocycles. The molecule has 3 heterocycles. The highest BCUT2D eigenvalue weighted by Crippen LogP contribution is 2.42. The Kier molecular flexibility index (Phi) is 5.40. The van der Waals surface area contributed by atoms with E-state index in [1.54, 1.807) is 0 Å². The normalized spacial score (nSPS) is 26.2. The Morgan fingerprint density at radius 2 is 2.07 bits per heavy atom. The van der Waals surface area contributed by atoms with E-state index in [1.165, 1.54) is 0 Å². The highest BCUT2D eigenvalue weighted by molar-refractivity contribution is 8.00. The zero-order valence-electron chi connectivity index (χ0n) is 13.4. The summed E-state index contributed by atoms with van der Waals surface area (Å²) in [6, 6.07) is 0. The fourth-order valence-electron chi connectivity index (χ4n) is 2.52. The molecule has 28 heavy (non-hydrogen) atoms. The molecule has 17 heteroatoms. The van der Waals surface area contributed by atoms with Gasteiger partial charge in [0.25, 0.3) is 0 Å². The van der Waals surface area contributed by atoms with Gasteiger partial charge in [-0.05, 0) is 0 Å². The Morgan fingerprint density at radius 1 is 1.39 bits per heavy atom. The lowest BCUT2D eigenvalue weighted by molar-refractivity contribution is -0.0459. The third-order valence-corrected chi connectivity index (χ3v) is 4.81. The molecular formula is C11H12F4N6O5S2. The van der Waals surface area contributed by atoms with E-state index in [1.807, 2.05) is 0 Å². The predicted molar refractivity (Wildman–Crippen MR) is 85.5 cm³/mol. The van der Waals surface area contributed by atoms with E-state index >= 15 is 0 Å². The fourth-order valence-corrected chi connectivity index (χ4v) is 3.49. The summed E-state index contributed by atoms with van der Waals surface area (Å²) in [5.41, 5.74) is 0.601. The number of aliphatic hydroxyl groups is 1. The van der Waals surface area contributed by atoms with Gasteiger partial charge in [0.05, 0.1) is 12.0 Å². The zero-order valence-corrected chi connectivity index (χ0v) is 15.1. The lowest BCUT2D eigenvalue weighted by Crippen LogP contribution is -2.33. The van der Waals surface area contributed by atoms with Crippen molar-refractivity contribution in [3.05, 3.63) is 6.33 Å². The Bertz CT molecular complexity index is 986. The SMILES string of the molecule is Nc1ncnc2c1c(SC(F)(F)F)nn2[C@@H]1O[C@H](COS(N)(=O)=O)[C@@H](O)[C@@H]1F. The van der Waals surface area contributed by atoms with E-state index < -0.39 is 63.8 Å². The molecule has 0 unspecified atom stereocenters. The van der Waals surface area contributed by atoms with Crippen LogP contribution in [0.4, 0.5) is 23.4 Å². The number of anilines is 1. The van der Waals surface area contributed by atoms with Gasteiger partial charge in [-0.15, -0.1) is 0 Å². The first-order valence-corrected chi connectivity index (χ1v) is 9.55.